The zero-order chi connectivity index (χ0) is 8.43. The van der Waals surface area contributed by atoms with E-state index in [0.717, 1.165) is 5.69 Å². The molecule has 0 aliphatic carbocycles. The lowest BCUT2D eigenvalue weighted by Crippen LogP contribution is -2.08. The van der Waals surface area contributed by atoms with Crippen molar-refractivity contribution in [3.63, 3.8) is 0 Å². The van der Waals surface area contributed by atoms with Crippen LogP contribution in [0.5, 0.6) is 0 Å². The van der Waals surface area contributed by atoms with Crippen molar-refractivity contribution in [3.05, 3.63) is 29.1 Å². The third kappa shape index (κ3) is 1.29. The summed E-state index contributed by atoms with van der Waals surface area (Å²) >= 11 is 0. The van der Waals surface area contributed by atoms with E-state index in [1.807, 2.05) is 25.3 Å². The summed E-state index contributed by atoms with van der Waals surface area (Å²) in [5.41, 5.74) is 3.58. The van der Waals surface area contributed by atoms with Gasteiger partial charge in [0.2, 0.25) is 0 Å². The van der Waals surface area contributed by atoms with Crippen LogP contribution in [0.25, 0.3) is 6.08 Å². The molecule has 0 aromatic carbocycles. The monoisotopic (exact) mass is 150 g/mol. The van der Waals surface area contributed by atoms with Crippen molar-refractivity contribution in [3.8, 4) is 0 Å². The summed E-state index contributed by atoms with van der Waals surface area (Å²) in [5.74, 6) is 5.69. The molecule has 11 heavy (non-hydrogen) atoms. The van der Waals surface area contributed by atoms with Crippen LogP contribution in [-0.2, 0) is 0 Å². The Morgan fingerprint density at radius 2 is 2.09 bits per heavy atom. The van der Waals surface area contributed by atoms with Crippen LogP contribution in [0.1, 0.15) is 23.7 Å². The number of aryl methyl sites for hydroxylation is 1. The zero-order valence-corrected chi connectivity index (χ0v) is 7.26. The number of nitrogens with zero attached hydrogens (tertiary/aromatic N) is 1. The van der Waals surface area contributed by atoms with Crippen LogP contribution in [0.4, 0.5) is 0 Å². The van der Waals surface area contributed by atoms with Gasteiger partial charge in [0, 0.05) is 6.20 Å². The van der Waals surface area contributed by atoms with Gasteiger partial charge < -0.3 is 5.84 Å². The maximum absolute atomic E-state index is 5.69. The molecule has 0 unspecified atom stereocenters. The van der Waals surface area contributed by atoms with Crippen LogP contribution in [0.15, 0.2) is 12.3 Å². The van der Waals surface area contributed by atoms with E-state index in [0.29, 0.717) is 0 Å². The third-order valence-corrected chi connectivity index (χ3v) is 1.91. The minimum atomic E-state index is 1.09. The van der Waals surface area contributed by atoms with E-state index in [2.05, 4.69) is 13.8 Å². The number of hydrogen-bond acceptors (Lipinski definition) is 1. The normalized spacial score (nSPS) is 11.2. The van der Waals surface area contributed by atoms with Gasteiger partial charge in [0.15, 0.2) is 0 Å². The zero-order valence-electron chi connectivity index (χ0n) is 7.26. The standard InChI is InChI=1S/C9H14N2/c1-4-5-9-8(3)7(2)6-11(9)10/h4-6H,10H2,1-3H3/b5-4-. The summed E-state index contributed by atoms with van der Waals surface area (Å²) < 4.78 is 1.66. The highest BCUT2D eigenvalue weighted by Gasteiger charge is 2.02. The summed E-state index contributed by atoms with van der Waals surface area (Å²) in [6, 6.07) is 0. The molecule has 1 heterocycles. The Morgan fingerprint density at radius 3 is 2.45 bits per heavy atom. The number of aromatic nitrogens is 1. The molecule has 0 aliphatic heterocycles. The Bertz CT molecular complexity index is 282. The van der Waals surface area contributed by atoms with Crippen LogP contribution < -0.4 is 5.84 Å². The number of nitrogens with two attached hydrogens (primary N) is 1. The van der Waals surface area contributed by atoms with Crippen molar-refractivity contribution >= 4 is 6.08 Å². The lowest BCUT2D eigenvalue weighted by Gasteiger charge is -1.96. The highest BCUT2D eigenvalue weighted by molar-refractivity contribution is 5.52. The largest absolute Gasteiger partial charge is 0.339 e. The molecule has 60 valence electrons. The summed E-state index contributed by atoms with van der Waals surface area (Å²) in [4.78, 5) is 0. The Morgan fingerprint density at radius 1 is 1.45 bits per heavy atom. The van der Waals surface area contributed by atoms with Gasteiger partial charge in [-0.2, -0.15) is 0 Å². The molecular weight excluding hydrogens is 136 g/mol. The van der Waals surface area contributed by atoms with E-state index >= 15 is 0 Å². The van der Waals surface area contributed by atoms with Crippen molar-refractivity contribution in [2.75, 3.05) is 5.84 Å². The second-order valence-electron chi connectivity index (χ2n) is 2.73. The van der Waals surface area contributed by atoms with Gasteiger partial charge in [-0.1, -0.05) is 6.08 Å². The fourth-order valence-corrected chi connectivity index (χ4v) is 1.14. The van der Waals surface area contributed by atoms with E-state index in [4.69, 9.17) is 5.84 Å². The molecule has 0 aliphatic rings. The molecule has 0 radical (unpaired) electrons. The quantitative estimate of drug-likeness (QED) is 0.608. The maximum atomic E-state index is 5.69. The van der Waals surface area contributed by atoms with E-state index in [1.54, 1.807) is 4.68 Å². The van der Waals surface area contributed by atoms with Crippen molar-refractivity contribution in [2.45, 2.75) is 20.8 Å². The Kier molecular flexibility index (Phi) is 2.03. The van der Waals surface area contributed by atoms with E-state index < -0.39 is 0 Å². The van der Waals surface area contributed by atoms with Crippen LogP contribution in [0.3, 0.4) is 0 Å². The lowest BCUT2D eigenvalue weighted by atomic mass is 10.2. The summed E-state index contributed by atoms with van der Waals surface area (Å²) in [6.07, 6.45) is 5.94. The number of hydrogen-bond donors (Lipinski definition) is 1. The van der Waals surface area contributed by atoms with Crippen molar-refractivity contribution in [1.29, 1.82) is 0 Å². The van der Waals surface area contributed by atoms with Gasteiger partial charge in [0.25, 0.3) is 0 Å². The van der Waals surface area contributed by atoms with Crippen molar-refractivity contribution in [1.82, 2.24) is 4.68 Å². The molecule has 2 nitrogen and oxygen atoms in total. The molecule has 0 amide bonds. The number of nitrogen functional groups attached to an aromatic ring is 1. The van der Waals surface area contributed by atoms with Gasteiger partial charge in [-0.15, -0.1) is 0 Å². The third-order valence-electron chi connectivity index (χ3n) is 1.91. The average Bonchev–Trinajstić information content (AvgIpc) is 2.17. The summed E-state index contributed by atoms with van der Waals surface area (Å²) in [6.45, 7) is 6.13. The topological polar surface area (TPSA) is 30.9 Å². The molecule has 0 saturated carbocycles. The van der Waals surface area contributed by atoms with E-state index in [9.17, 15) is 0 Å². The number of allylic oxidation sites excluding steroid dienone is 1. The first-order chi connectivity index (χ1) is 5.16. The fraction of sp³-hybridized carbons (Fsp3) is 0.333. The Hall–Kier alpha value is -1.18. The lowest BCUT2D eigenvalue weighted by molar-refractivity contribution is 0.995. The van der Waals surface area contributed by atoms with Gasteiger partial charge in [-0.3, -0.25) is 4.68 Å². The Balaban J connectivity index is 3.22. The van der Waals surface area contributed by atoms with Gasteiger partial charge in [-0.05, 0) is 38.0 Å². The smallest absolute Gasteiger partial charge is 0.0646 e. The SMILES string of the molecule is C/C=C\c1c(C)c(C)cn1N. The van der Waals surface area contributed by atoms with Gasteiger partial charge >= 0.3 is 0 Å². The molecule has 1 aromatic heterocycles. The van der Waals surface area contributed by atoms with Crippen LogP contribution in [0.2, 0.25) is 0 Å². The fourth-order valence-electron chi connectivity index (χ4n) is 1.14. The molecule has 2 heteroatoms. The minimum absolute atomic E-state index is 1.09. The van der Waals surface area contributed by atoms with Crippen LogP contribution in [-0.4, -0.2) is 4.68 Å². The van der Waals surface area contributed by atoms with Gasteiger partial charge in [0.05, 0.1) is 5.69 Å². The predicted molar refractivity (Wildman–Crippen MR) is 48.8 cm³/mol. The summed E-state index contributed by atoms with van der Waals surface area (Å²) in [7, 11) is 0. The molecule has 0 spiro atoms. The second kappa shape index (κ2) is 2.82. The first-order valence-electron chi connectivity index (χ1n) is 3.73. The average molecular weight is 150 g/mol. The first kappa shape index (κ1) is 7.92. The van der Waals surface area contributed by atoms with E-state index in [-0.39, 0.29) is 0 Å². The molecular formula is C9H14N2. The number of rotatable bonds is 1. The summed E-state index contributed by atoms with van der Waals surface area (Å²) in [5, 5.41) is 0. The van der Waals surface area contributed by atoms with Crippen LogP contribution >= 0.6 is 0 Å². The molecule has 0 fully saturated rings. The first-order valence-corrected chi connectivity index (χ1v) is 3.73. The van der Waals surface area contributed by atoms with Crippen LogP contribution in [0, 0.1) is 13.8 Å². The van der Waals surface area contributed by atoms with E-state index in [1.165, 1.54) is 11.1 Å². The molecule has 1 rings (SSSR count). The second-order valence-corrected chi connectivity index (χ2v) is 2.73. The molecule has 0 bridgehead atoms. The Labute approximate surface area is 67.3 Å². The molecule has 0 saturated heterocycles. The molecule has 2 N–H and O–H groups in total. The maximum Gasteiger partial charge on any atom is 0.0646 e. The van der Waals surface area contributed by atoms with Gasteiger partial charge in [-0.25, -0.2) is 0 Å². The highest BCUT2D eigenvalue weighted by Crippen LogP contribution is 2.14. The molecule has 0 atom stereocenters. The minimum Gasteiger partial charge on any atom is -0.339 e. The van der Waals surface area contributed by atoms with Gasteiger partial charge in [0.1, 0.15) is 0 Å². The van der Waals surface area contributed by atoms with Crippen molar-refractivity contribution in [2.24, 2.45) is 0 Å². The predicted octanol–water partition coefficient (Wildman–Crippen LogP) is 1.85. The molecule has 1 aromatic rings. The highest BCUT2D eigenvalue weighted by atomic mass is 15.3. The van der Waals surface area contributed by atoms with Crippen molar-refractivity contribution < 1.29 is 0 Å².